The van der Waals surface area contributed by atoms with Crippen molar-refractivity contribution in [3.8, 4) is 5.75 Å². The van der Waals surface area contributed by atoms with Gasteiger partial charge in [0.1, 0.15) is 5.75 Å². The molecule has 2 heterocycles. The van der Waals surface area contributed by atoms with Crippen LogP contribution in [0.5, 0.6) is 5.75 Å². The molecule has 0 aliphatic carbocycles. The number of esters is 1. The van der Waals surface area contributed by atoms with Gasteiger partial charge in [0, 0.05) is 12.5 Å². The van der Waals surface area contributed by atoms with Crippen LogP contribution in [0.2, 0.25) is 0 Å². The predicted octanol–water partition coefficient (Wildman–Crippen LogP) is 3.66. The van der Waals surface area contributed by atoms with Gasteiger partial charge in [-0.1, -0.05) is 17.4 Å². The van der Waals surface area contributed by atoms with Crippen LogP contribution in [0.15, 0.2) is 30.3 Å². The standard InChI is InChI=1S/C16H16N2O5S/c1-2-22-15(19)8-4-10-3-5-12-11(9-10)17-16(23-12)13-6-7-14(24-13)18(20)21/h3,5-7,9,16-17H,2,4,8H2,1H3/t16-/m1/s1. The summed E-state index contributed by atoms with van der Waals surface area (Å²) in [7, 11) is 0. The first-order valence-electron chi connectivity index (χ1n) is 7.52. The highest BCUT2D eigenvalue weighted by molar-refractivity contribution is 7.15. The first-order valence-corrected chi connectivity index (χ1v) is 8.34. The van der Waals surface area contributed by atoms with Gasteiger partial charge in [0.25, 0.3) is 0 Å². The van der Waals surface area contributed by atoms with Crippen molar-refractivity contribution in [3.05, 3.63) is 50.9 Å². The van der Waals surface area contributed by atoms with E-state index in [4.69, 9.17) is 9.47 Å². The van der Waals surface area contributed by atoms with Crippen LogP contribution in [0.4, 0.5) is 10.7 Å². The Bertz CT molecular complexity index is 774. The SMILES string of the molecule is CCOC(=O)CCc1ccc2c(c1)N[C@@H](c1ccc([N+](=O)[O-])s1)O2. The summed E-state index contributed by atoms with van der Waals surface area (Å²) < 4.78 is 10.7. The maximum atomic E-state index is 11.4. The molecule has 0 radical (unpaired) electrons. The van der Waals surface area contributed by atoms with Crippen LogP contribution in [0.3, 0.4) is 0 Å². The van der Waals surface area contributed by atoms with Gasteiger partial charge in [0.2, 0.25) is 6.23 Å². The van der Waals surface area contributed by atoms with E-state index in [1.54, 1.807) is 13.0 Å². The largest absolute Gasteiger partial charge is 0.466 e. The Kier molecular flexibility index (Phi) is 4.66. The van der Waals surface area contributed by atoms with Crippen molar-refractivity contribution < 1.29 is 19.2 Å². The number of aryl methyl sites for hydroxylation is 1. The number of nitrogens with zero attached hydrogens (tertiary/aromatic N) is 1. The minimum absolute atomic E-state index is 0.0847. The highest BCUT2D eigenvalue weighted by atomic mass is 32.1. The van der Waals surface area contributed by atoms with Crippen LogP contribution in [0, 0.1) is 10.1 Å². The molecular formula is C16H16N2O5S. The number of carbonyl (C=O) groups excluding carboxylic acids is 1. The second-order valence-electron chi connectivity index (χ2n) is 5.21. The first-order chi connectivity index (χ1) is 11.6. The average molecular weight is 348 g/mol. The number of rotatable bonds is 6. The third kappa shape index (κ3) is 3.48. The second kappa shape index (κ2) is 6.88. The molecule has 24 heavy (non-hydrogen) atoms. The highest BCUT2D eigenvalue weighted by Crippen LogP contribution is 2.41. The first kappa shape index (κ1) is 16.3. The third-order valence-electron chi connectivity index (χ3n) is 3.55. The number of carbonyl (C=O) groups is 1. The quantitative estimate of drug-likeness (QED) is 0.487. The second-order valence-corrected chi connectivity index (χ2v) is 6.30. The Balaban J connectivity index is 1.66. The minimum atomic E-state index is -0.431. The Labute approximate surface area is 142 Å². The zero-order chi connectivity index (χ0) is 17.1. The van der Waals surface area contributed by atoms with E-state index < -0.39 is 11.2 Å². The molecule has 0 saturated carbocycles. The molecule has 1 N–H and O–H groups in total. The van der Waals surface area contributed by atoms with E-state index in [1.165, 1.54) is 6.07 Å². The van der Waals surface area contributed by atoms with Crippen molar-refractivity contribution in [1.82, 2.24) is 0 Å². The van der Waals surface area contributed by atoms with Gasteiger partial charge in [-0.25, -0.2) is 0 Å². The van der Waals surface area contributed by atoms with Crippen molar-refractivity contribution in [2.24, 2.45) is 0 Å². The van der Waals surface area contributed by atoms with Crippen LogP contribution in [-0.2, 0) is 16.0 Å². The maximum Gasteiger partial charge on any atom is 0.324 e. The van der Waals surface area contributed by atoms with Crippen LogP contribution >= 0.6 is 11.3 Å². The van der Waals surface area contributed by atoms with E-state index in [1.807, 2.05) is 18.2 Å². The monoisotopic (exact) mass is 348 g/mol. The number of hydrogen-bond acceptors (Lipinski definition) is 7. The predicted molar refractivity (Wildman–Crippen MR) is 89.4 cm³/mol. The van der Waals surface area contributed by atoms with Crippen LogP contribution in [-0.4, -0.2) is 17.5 Å². The molecule has 0 spiro atoms. The molecule has 0 unspecified atom stereocenters. The van der Waals surface area contributed by atoms with Gasteiger partial charge in [-0.05, 0) is 37.1 Å². The molecule has 0 bridgehead atoms. The normalized spacial score (nSPS) is 15.3. The molecule has 1 aromatic heterocycles. The Morgan fingerprint density at radius 3 is 2.96 bits per heavy atom. The summed E-state index contributed by atoms with van der Waals surface area (Å²) in [5.41, 5.74) is 1.81. The Morgan fingerprint density at radius 1 is 1.42 bits per heavy atom. The van der Waals surface area contributed by atoms with Gasteiger partial charge in [0.05, 0.1) is 22.1 Å². The Morgan fingerprint density at radius 2 is 2.25 bits per heavy atom. The smallest absolute Gasteiger partial charge is 0.324 e. The fraction of sp³-hybridized carbons (Fsp3) is 0.312. The maximum absolute atomic E-state index is 11.4. The van der Waals surface area contributed by atoms with E-state index in [-0.39, 0.29) is 11.0 Å². The molecule has 2 aromatic rings. The van der Waals surface area contributed by atoms with Crippen molar-refractivity contribution in [3.63, 3.8) is 0 Å². The zero-order valence-corrected chi connectivity index (χ0v) is 13.8. The number of nitro groups is 1. The molecule has 1 aliphatic rings. The summed E-state index contributed by atoms with van der Waals surface area (Å²) >= 11 is 1.08. The molecular weight excluding hydrogens is 332 g/mol. The summed E-state index contributed by atoms with van der Waals surface area (Å²) in [5.74, 6) is 0.474. The number of fused-ring (bicyclic) bond motifs is 1. The van der Waals surface area contributed by atoms with Crippen LogP contribution < -0.4 is 10.1 Å². The van der Waals surface area contributed by atoms with E-state index >= 15 is 0 Å². The minimum Gasteiger partial charge on any atom is -0.466 e. The number of ether oxygens (including phenoxy) is 2. The van der Waals surface area contributed by atoms with Gasteiger partial charge in [0.15, 0.2) is 0 Å². The lowest BCUT2D eigenvalue weighted by Gasteiger charge is -2.07. The number of anilines is 1. The highest BCUT2D eigenvalue weighted by Gasteiger charge is 2.26. The summed E-state index contributed by atoms with van der Waals surface area (Å²) in [5, 5.41) is 14.1. The Hall–Kier alpha value is -2.61. The molecule has 7 nitrogen and oxygen atoms in total. The van der Waals surface area contributed by atoms with E-state index in [9.17, 15) is 14.9 Å². The van der Waals surface area contributed by atoms with Gasteiger partial charge in [-0.3, -0.25) is 14.9 Å². The zero-order valence-electron chi connectivity index (χ0n) is 13.0. The third-order valence-corrected chi connectivity index (χ3v) is 4.63. The number of hydrogen-bond donors (Lipinski definition) is 1. The van der Waals surface area contributed by atoms with Gasteiger partial charge < -0.3 is 14.8 Å². The summed E-state index contributed by atoms with van der Waals surface area (Å²) in [6.07, 6.45) is 0.482. The van der Waals surface area contributed by atoms with E-state index in [0.29, 0.717) is 25.2 Å². The molecule has 0 saturated heterocycles. The van der Waals surface area contributed by atoms with Crippen molar-refractivity contribution >= 4 is 28.0 Å². The van der Waals surface area contributed by atoms with Crippen molar-refractivity contribution in [1.29, 1.82) is 0 Å². The molecule has 8 heteroatoms. The van der Waals surface area contributed by atoms with Gasteiger partial charge >= 0.3 is 11.0 Å². The number of benzene rings is 1. The summed E-state index contributed by atoms with van der Waals surface area (Å²) in [4.78, 5) is 22.5. The molecule has 3 rings (SSSR count). The van der Waals surface area contributed by atoms with Crippen molar-refractivity contribution in [2.45, 2.75) is 26.0 Å². The fourth-order valence-electron chi connectivity index (χ4n) is 2.44. The average Bonchev–Trinajstić information content (AvgIpc) is 3.19. The molecule has 0 amide bonds. The molecule has 0 fully saturated rings. The van der Waals surface area contributed by atoms with E-state index in [2.05, 4.69) is 5.32 Å². The topological polar surface area (TPSA) is 90.7 Å². The number of nitrogens with one attached hydrogen (secondary N) is 1. The van der Waals surface area contributed by atoms with Crippen LogP contribution in [0.25, 0.3) is 0 Å². The lowest BCUT2D eigenvalue weighted by molar-refractivity contribution is -0.380. The van der Waals surface area contributed by atoms with Crippen molar-refractivity contribution in [2.75, 3.05) is 11.9 Å². The summed E-state index contributed by atoms with van der Waals surface area (Å²) in [6, 6.07) is 8.83. The van der Waals surface area contributed by atoms with Gasteiger partial charge in [-0.15, -0.1) is 0 Å². The summed E-state index contributed by atoms with van der Waals surface area (Å²) in [6.45, 7) is 2.16. The fourth-order valence-corrected chi connectivity index (χ4v) is 3.24. The lowest BCUT2D eigenvalue weighted by Crippen LogP contribution is -2.08. The molecule has 1 aliphatic heterocycles. The lowest BCUT2D eigenvalue weighted by atomic mass is 10.1. The van der Waals surface area contributed by atoms with E-state index in [0.717, 1.165) is 27.5 Å². The van der Waals surface area contributed by atoms with Crippen LogP contribution in [0.1, 0.15) is 30.0 Å². The molecule has 126 valence electrons. The molecule has 1 atom stereocenters. The molecule has 1 aromatic carbocycles. The van der Waals surface area contributed by atoms with Gasteiger partial charge in [-0.2, -0.15) is 0 Å². The number of thiophene rings is 1.